The molecule has 1 aromatic heterocycles. The van der Waals surface area contributed by atoms with Gasteiger partial charge in [0.1, 0.15) is 11.4 Å². The molecule has 0 saturated heterocycles. The quantitative estimate of drug-likeness (QED) is 0.645. The van der Waals surface area contributed by atoms with Crippen molar-refractivity contribution in [3.63, 3.8) is 0 Å². The smallest absolute Gasteiger partial charge is 0.354 e. The fourth-order valence-corrected chi connectivity index (χ4v) is 0.567. The van der Waals surface area contributed by atoms with Crippen molar-refractivity contribution >= 4 is 11.7 Å². The fraction of sp³-hybridized carbons (Fsp3) is 0. The zero-order valence-electron chi connectivity index (χ0n) is 5.39. The highest BCUT2D eigenvalue weighted by Gasteiger charge is 2.02. The van der Waals surface area contributed by atoms with E-state index in [2.05, 4.69) is 10.2 Å². The van der Waals surface area contributed by atoms with Crippen molar-refractivity contribution in [1.82, 2.24) is 4.98 Å². The van der Waals surface area contributed by atoms with Crippen LogP contribution in [0.4, 0.5) is 5.69 Å². The summed E-state index contributed by atoms with van der Waals surface area (Å²) in [4.78, 5) is 23.5. The van der Waals surface area contributed by atoms with Crippen LogP contribution in [0.2, 0.25) is 0 Å². The summed E-state index contributed by atoms with van der Waals surface area (Å²) in [6, 6.07) is 2.52. The first kappa shape index (κ1) is 7.33. The van der Waals surface area contributed by atoms with E-state index in [-0.39, 0.29) is 11.4 Å². The fourth-order valence-electron chi connectivity index (χ4n) is 0.567. The maximum Gasteiger partial charge on any atom is 0.354 e. The van der Waals surface area contributed by atoms with Crippen LogP contribution in [-0.2, 0) is 0 Å². The van der Waals surface area contributed by atoms with Crippen LogP contribution in [-0.4, -0.2) is 16.1 Å². The number of aromatic nitrogens is 1. The Balaban J connectivity index is 3.00. The van der Waals surface area contributed by atoms with Gasteiger partial charge < -0.3 is 5.11 Å². The Morgan fingerprint density at radius 1 is 1.55 bits per heavy atom. The molecule has 0 radical (unpaired) electrons. The third kappa shape index (κ3) is 1.57. The van der Waals surface area contributed by atoms with E-state index in [1.165, 1.54) is 12.1 Å². The monoisotopic (exact) mass is 152 g/mol. The van der Waals surface area contributed by atoms with Gasteiger partial charge in [-0.15, -0.1) is 4.91 Å². The highest BCUT2D eigenvalue weighted by Crippen LogP contribution is 2.08. The summed E-state index contributed by atoms with van der Waals surface area (Å²) in [5, 5.41) is 10.9. The molecular weight excluding hydrogens is 148 g/mol. The number of aromatic carboxylic acids is 1. The molecule has 56 valence electrons. The van der Waals surface area contributed by atoms with Gasteiger partial charge >= 0.3 is 5.97 Å². The van der Waals surface area contributed by atoms with Gasteiger partial charge in [-0.2, -0.15) is 0 Å². The maximum absolute atomic E-state index is 10.2. The number of nitroso groups, excluding NO2 is 1. The molecule has 0 atom stereocenters. The summed E-state index contributed by atoms with van der Waals surface area (Å²) in [7, 11) is 0. The van der Waals surface area contributed by atoms with Crippen LogP contribution < -0.4 is 0 Å². The van der Waals surface area contributed by atoms with Gasteiger partial charge in [-0.1, -0.05) is 0 Å². The van der Waals surface area contributed by atoms with E-state index in [4.69, 9.17) is 5.11 Å². The minimum atomic E-state index is -1.12. The van der Waals surface area contributed by atoms with Gasteiger partial charge in [0.25, 0.3) is 0 Å². The number of carboxylic acids is 1. The van der Waals surface area contributed by atoms with Crippen molar-refractivity contribution in [2.24, 2.45) is 5.18 Å². The molecule has 0 aromatic carbocycles. The van der Waals surface area contributed by atoms with Crippen molar-refractivity contribution in [3.05, 3.63) is 28.9 Å². The van der Waals surface area contributed by atoms with E-state index in [0.717, 1.165) is 6.20 Å². The van der Waals surface area contributed by atoms with Gasteiger partial charge in [0.2, 0.25) is 0 Å². The molecule has 0 aliphatic carbocycles. The topological polar surface area (TPSA) is 79.6 Å². The number of hydrogen-bond acceptors (Lipinski definition) is 4. The number of pyridine rings is 1. The second kappa shape index (κ2) is 2.87. The summed E-state index contributed by atoms with van der Waals surface area (Å²) in [5.41, 5.74) is 0.0207. The van der Waals surface area contributed by atoms with Crippen molar-refractivity contribution in [3.8, 4) is 0 Å². The molecule has 1 N–H and O–H groups in total. The van der Waals surface area contributed by atoms with Gasteiger partial charge in [-0.05, 0) is 17.3 Å². The Kier molecular flexibility index (Phi) is 1.91. The summed E-state index contributed by atoms with van der Waals surface area (Å²) in [6.45, 7) is 0. The molecule has 1 aromatic rings. The zero-order valence-corrected chi connectivity index (χ0v) is 5.39. The van der Waals surface area contributed by atoms with E-state index in [9.17, 15) is 9.70 Å². The summed E-state index contributed by atoms with van der Waals surface area (Å²) in [6.07, 6.45) is 1.11. The average Bonchev–Trinajstić information content (AvgIpc) is 2.05. The first-order valence-corrected chi connectivity index (χ1v) is 2.77. The van der Waals surface area contributed by atoms with Crippen molar-refractivity contribution in [1.29, 1.82) is 0 Å². The molecule has 0 saturated carbocycles. The van der Waals surface area contributed by atoms with Crippen molar-refractivity contribution < 1.29 is 9.90 Å². The number of hydrogen-bond donors (Lipinski definition) is 1. The van der Waals surface area contributed by atoms with E-state index in [1.54, 1.807) is 0 Å². The van der Waals surface area contributed by atoms with E-state index in [0.29, 0.717) is 0 Å². The third-order valence-corrected chi connectivity index (χ3v) is 1.07. The molecule has 1 heterocycles. The van der Waals surface area contributed by atoms with Gasteiger partial charge in [0.15, 0.2) is 0 Å². The van der Waals surface area contributed by atoms with Gasteiger partial charge in [-0.3, -0.25) is 0 Å². The standard InChI is InChI=1S/C6H4N2O3/c9-6(10)5-2-1-4(8-11)3-7-5/h1-3H,(H,9,10). The van der Waals surface area contributed by atoms with Crippen LogP contribution in [0.5, 0.6) is 0 Å². The molecule has 5 heteroatoms. The first-order chi connectivity index (χ1) is 5.24. The second-order valence-corrected chi connectivity index (χ2v) is 1.80. The van der Waals surface area contributed by atoms with Crippen LogP contribution in [0.3, 0.4) is 0 Å². The SMILES string of the molecule is O=Nc1ccc(C(=O)O)nc1. The molecule has 0 aliphatic heterocycles. The van der Waals surface area contributed by atoms with E-state index < -0.39 is 5.97 Å². The molecule has 5 nitrogen and oxygen atoms in total. The largest absolute Gasteiger partial charge is 0.477 e. The lowest BCUT2D eigenvalue weighted by Crippen LogP contribution is -1.98. The van der Waals surface area contributed by atoms with Crippen molar-refractivity contribution in [2.75, 3.05) is 0 Å². The first-order valence-electron chi connectivity index (χ1n) is 2.77. The Labute approximate surface area is 61.7 Å². The predicted molar refractivity (Wildman–Crippen MR) is 36.7 cm³/mol. The van der Waals surface area contributed by atoms with Crippen LogP contribution in [0.15, 0.2) is 23.5 Å². The minimum Gasteiger partial charge on any atom is -0.477 e. The lowest BCUT2D eigenvalue weighted by Gasteiger charge is -1.90. The minimum absolute atomic E-state index is 0.0996. The Bertz CT molecular complexity index is 280. The van der Waals surface area contributed by atoms with E-state index >= 15 is 0 Å². The van der Waals surface area contributed by atoms with Crippen LogP contribution in [0, 0.1) is 4.91 Å². The molecule has 0 spiro atoms. The molecule has 0 fully saturated rings. The van der Waals surface area contributed by atoms with E-state index in [1.807, 2.05) is 0 Å². The van der Waals surface area contributed by atoms with Crippen LogP contribution in [0.25, 0.3) is 0 Å². The second-order valence-electron chi connectivity index (χ2n) is 1.80. The van der Waals surface area contributed by atoms with Gasteiger partial charge in [0.05, 0.1) is 6.20 Å². The zero-order chi connectivity index (χ0) is 8.27. The Morgan fingerprint density at radius 3 is 2.64 bits per heavy atom. The molecule has 11 heavy (non-hydrogen) atoms. The lowest BCUT2D eigenvalue weighted by atomic mass is 10.3. The predicted octanol–water partition coefficient (Wildman–Crippen LogP) is 1.18. The summed E-state index contributed by atoms with van der Waals surface area (Å²) >= 11 is 0. The molecule has 0 amide bonds. The summed E-state index contributed by atoms with van der Waals surface area (Å²) < 4.78 is 0. The number of nitrogens with zero attached hydrogens (tertiary/aromatic N) is 2. The molecule has 0 bridgehead atoms. The van der Waals surface area contributed by atoms with Crippen molar-refractivity contribution in [2.45, 2.75) is 0 Å². The Morgan fingerprint density at radius 2 is 2.27 bits per heavy atom. The molecule has 1 rings (SSSR count). The molecular formula is C6H4N2O3. The normalized spacial score (nSPS) is 9.09. The lowest BCUT2D eigenvalue weighted by molar-refractivity contribution is 0.0690. The maximum atomic E-state index is 10.2. The summed E-state index contributed by atoms with van der Waals surface area (Å²) in [5.74, 6) is -1.12. The highest BCUT2D eigenvalue weighted by atomic mass is 16.4. The van der Waals surface area contributed by atoms with Crippen LogP contribution in [0.1, 0.15) is 10.5 Å². The Hall–Kier alpha value is -1.78. The van der Waals surface area contributed by atoms with Gasteiger partial charge in [0, 0.05) is 0 Å². The number of carboxylic acid groups (broad SMARTS) is 1. The third-order valence-electron chi connectivity index (χ3n) is 1.07. The number of carbonyl (C=O) groups is 1. The van der Waals surface area contributed by atoms with Crippen LogP contribution >= 0.6 is 0 Å². The average molecular weight is 152 g/mol. The highest BCUT2D eigenvalue weighted by molar-refractivity contribution is 5.85. The molecule has 0 aliphatic rings. The number of rotatable bonds is 2. The van der Waals surface area contributed by atoms with Gasteiger partial charge in [-0.25, -0.2) is 9.78 Å². The molecule has 0 unspecified atom stereocenters.